The Morgan fingerprint density at radius 1 is 1.27 bits per heavy atom. The number of benzene rings is 1. The van der Waals surface area contributed by atoms with Gasteiger partial charge >= 0.3 is 5.97 Å². The second kappa shape index (κ2) is 9.65. The number of carbonyl (C=O) groups is 1. The quantitative estimate of drug-likeness (QED) is 0.622. The Morgan fingerprint density at radius 2 is 2.07 bits per heavy atom. The van der Waals surface area contributed by atoms with Crippen LogP contribution >= 0.6 is 0 Å². The van der Waals surface area contributed by atoms with E-state index in [1.807, 2.05) is 32.0 Å². The number of aromatic nitrogens is 3. The molecule has 0 aliphatic carbocycles. The van der Waals surface area contributed by atoms with Gasteiger partial charge in [-0.2, -0.15) is 10.1 Å². The fraction of sp³-hybridized carbons (Fsp3) is 0.500. The number of nitrogens with one attached hydrogen (secondary N) is 1. The van der Waals surface area contributed by atoms with Gasteiger partial charge in [0.2, 0.25) is 5.95 Å². The highest BCUT2D eigenvalue weighted by atomic mass is 16.5. The van der Waals surface area contributed by atoms with Crippen LogP contribution in [0.2, 0.25) is 0 Å². The first-order valence-electron chi connectivity index (χ1n) is 10.3. The summed E-state index contributed by atoms with van der Waals surface area (Å²) in [4.78, 5) is 17.1. The molecule has 0 spiro atoms. The number of ether oxygens (including phenoxy) is 3. The van der Waals surface area contributed by atoms with E-state index in [2.05, 4.69) is 29.2 Å². The van der Waals surface area contributed by atoms with E-state index in [1.54, 1.807) is 11.8 Å². The summed E-state index contributed by atoms with van der Waals surface area (Å²) in [6.07, 6.45) is 3.17. The zero-order chi connectivity index (χ0) is 21.7. The van der Waals surface area contributed by atoms with Crippen molar-refractivity contribution in [3.05, 3.63) is 41.4 Å². The molecule has 1 aromatic heterocycles. The Kier molecular flexibility index (Phi) is 6.97. The minimum atomic E-state index is -0.480. The van der Waals surface area contributed by atoms with Crippen molar-refractivity contribution in [1.29, 1.82) is 0 Å². The molecule has 1 aromatic carbocycles. The average Bonchev–Trinajstić information content (AvgIpc) is 3.18. The Labute approximate surface area is 177 Å². The van der Waals surface area contributed by atoms with Crippen LogP contribution in [0.25, 0.3) is 0 Å². The Hall–Kier alpha value is -3.03. The molecule has 162 valence electrons. The number of esters is 1. The number of methoxy groups -OCH3 is 1. The third kappa shape index (κ3) is 4.58. The predicted octanol–water partition coefficient (Wildman–Crippen LogP) is 3.95. The minimum absolute atomic E-state index is 0.360. The summed E-state index contributed by atoms with van der Waals surface area (Å²) in [6, 6.07) is 5.20. The van der Waals surface area contributed by atoms with Crippen molar-refractivity contribution in [3.8, 4) is 11.5 Å². The summed E-state index contributed by atoms with van der Waals surface area (Å²) >= 11 is 0. The normalized spacial score (nSPS) is 15.6. The van der Waals surface area contributed by atoms with Gasteiger partial charge in [0.25, 0.3) is 0 Å². The van der Waals surface area contributed by atoms with Crippen LogP contribution in [0.1, 0.15) is 52.1 Å². The largest absolute Gasteiger partial charge is 0.493 e. The molecule has 1 aliphatic heterocycles. The molecule has 1 N–H and O–H groups in total. The van der Waals surface area contributed by atoms with E-state index >= 15 is 0 Å². The highest BCUT2D eigenvalue weighted by Crippen LogP contribution is 2.38. The van der Waals surface area contributed by atoms with Gasteiger partial charge < -0.3 is 19.5 Å². The monoisotopic (exact) mass is 414 g/mol. The second-order valence-corrected chi connectivity index (χ2v) is 7.67. The molecule has 0 saturated heterocycles. The smallest absolute Gasteiger partial charge is 0.338 e. The summed E-state index contributed by atoms with van der Waals surface area (Å²) < 4.78 is 18.6. The third-order valence-corrected chi connectivity index (χ3v) is 4.91. The van der Waals surface area contributed by atoms with E-state index in [9.17, 15) is 4.79 Å². The van der Waals surface area contributed by atoms with E-state index in [-0.39, 0.29) is 5.97 Å². The van der Waals surface area contributed by atoms with Gasteiger partial charge in [-0.3, -0.25) is 0 Å². The van der Waals surface area contributed by atoms with Gasteiger partial charge in [-0.1, -0.05) is 26.8 Å². The van der Waals surface area contributed by atoms with E-state index in [0.717, 1.165) is 18.4 Å². The zero-order valence-electron chi connectivity index (χ0n) is 18.3. The number of allylic oxidation sites excluding steroid dienone is 1. The van der Waals surface area contributed by atoms with Gasteiger partial charge in [-0.15, -0.1) is 0 Å². The van der Waals surface area contributed by atoms with Crippen LogP contribution in [0.15, 0.2) is 35.8 Å². The number of anilines is 1. The summed E-state index contributed by atoms with van der Waals surface area (Å²) in [5.74, 6) is 2.03. The number of carbonyl (C=O) groups excluding carboxylic acids is 1. The minimum Gasteiger partial charge on any atom is -0.493 e. The molecule has 0 fully saturated rings. The molecule has 0 amide bonds. The topological polar surface area (TPSA) is 87.5 Å². The van der Waals surface area contributed by atoms with E-state index in [1.165, 1.54) is 6.33 Å². The highest BCUT2D eigenvalue weighted by Gasteiger charge is 2.34. The molecule has 8 nitrogen and oxygen atoms in total. The van der Waals surface area contributed by atoms with Gasteiger partial charge in [-0.05, 0) is 43.4 Å². The van der Waals surface area contributed by atoms with Crippen LogP contribution in [-0.4, -0.2) is 41.1 Å². The molecule has 1 aliphatic rings. The van der Waals surface area contributed by atoms with E-state index in [4.69, 9.17) is 14.2 Å². The molecule has 0 radical (unpaired) electrons. The fourth-order valence-corrected chi connectivity index (χ4v) is 3.31. The molecule has 2 heterocycles. The van der Waals surface area contributed by atoms with Gasteiger partial charge in [-0.25, -0.2) is 9.48 Å². The van der Waals surface area contributed by atoms with Gasteiger partial charge in [0, 0.05) is 5.70 Å². The fourth-order valence-electron chi connectivity index (χ4n) is 3.31. The molecular formula is C22H30N4O4. The van der Waals surface area contributed by atoms with Crippen molar-refractivity contribution < 1.29 is 19.0 Å². The van der Waals surface area contributed by atoms with Crippen molar-refractivity contribution >= 4 is 11.9 Å². The van der Waals surface area contributed by atoms with Crippen LogP contribution in [-0.2, 0) is 9.53 Å². The SMILES string of the molecule is CCCOC(=O)C1=C(C)Nc2ncnn2C1c1ccc(OCCC(C)C)c(OC)c1. The van der Waals surface area contributed by atoms with Crippen molar-refractivity contribution in [3.63, 3.8) is 0 Å². The van der Waals surface area contributed by atoms with Gasteiger partial charge in [0.15, 0.2) is 11.5 Å². The maximum absolute atomic E-state index is 12.9. The standard InChI is InChI=1S/C22H30N4O4/c1-6-10-30-21(27)19-15(4)25-22-23-13-24-26(22)20(19)16-7-8-17(18(12-16)28-5)29-11-9-14(2)3/h7-8,12-14,20H,6,9-11H2,1-5H3,(H,23,24,25). The van der Waals surface area contributed by atoms with Crippen molar-refractivity contribution in [2.24, 2.45) is 5.92 Å². The molecular weight excluding hydrogens is 384 g/mol. The Balaban J connectivity index is 1.97. The molecule has 2 aromatic rings. The number of nitrogens with zero attached hydrogens (tertiary/aromatic N) is 3. The summed E-state index contributed by atoms with van der Waals surface area (Å²) in [7, 11) is 1.61. The van der Waals surface area contributed by atoms with Crippen LogP contribution in [0.3, 0.4) is 0 Å². The second-order valence-electron chi connectivity index (χ2n) is 7.67. The van der Waals surface area contributed by atoms with Crippen LogP contribution in [0, 0.1) is 5.92 Å². The number of fused-ring (bicyclic) bond motifs is 1. The maximum Gasteiger partial charge on any atom is 0.338 e. The highest BCUT2D eigenvalue weighted by molar-refractivity contribution is 5.92. The number of hydrogen-bond acceptors (Lipinski definition) is 7. The van der Waals surface area contributed by atoms with Crippen molar-refractivity contribution in [2.45, 2.75) is 46.6 Å². The molecule has 0 bridgehead atoms. The van der Waals surface area contributed by atoms with Crippen LogP contribution in [0.5, 0.6) is 11.5 Å². The lowest BCUT2D eigenvalue weighted by molar-refractivity contribution is -0.139. The van der Waals surface area contributed by atoms with Gasteiger partial charge in [0.1, 0.15) is 12.4 Å². The average molecular weight is 415 g/mol. The lowest BCUT2D eigenvalue weighted by Crippen LogP contribution is -2.29. The first-order chi connectivity index (χ1) is 14.5. The molecule has 1 unspecified atom stereocenters. The van der Waals surface area contributed by atoms with Gasteiger partial charge in [0.05, 0.1) is 25.9 Å². The van der Waals surface area contributed by atoms with E-state index in [0.29, 0.717) is 47.8 Å². The van der Waals surface area contributed by atoms with Crippen LogP contribution in [0.4, 0.5) is 5.95 Å². The maximum atomic E-state index is 12.9. The molecule has 30 heavy (non-hydrogen) atoms. The van der Waals surface area contributed by atoms with Crippen LogP contribution < -0.4 is 14.8 Å². The predicted molar refractivity (Wildman–Crippen MR) is 114 cm³/mol. The summed E-state index contributed by atoms with van der Waals surface area (Å²) in [6.45, 7) is 9.09. The Bertz CT molecular complexity index is 920. The van der Waals surface area contributed by atoms with E-state index < -0.39 is 6.04 Å². The molecule has 3 rings (SSSR count). The lowest BCUT2D eigenvalue weighted by Gasteiger charge is -2.28. The molecule has 1 atom stereocenters. The molecule has 8 heteroatoms. The first kappa shape index (κ1) is 21.7. The first-order valence-corrected chi connectivity index (χ1v) is 10.3. The summed E-state index contributed by atoms with van der Waals surface area (Å²) in [5.41, 5.74) is 2.02. The molecule has 0 saturated carbocycles. The summed E-state index contributed by atoms with van der Waals surface area (Å²) in [5, 5.41) is 7.48. The lowest BCUT2D eigenvalue weighted by atomic mass is 9.95. The Morgan fingerprint density at radius 3 is 2.77 bits per heavy atom. The number of hydrogen-bond donors (Lipinski definition) is 1. The third-order valence-electron chi connectivity index (χ3n) is 4.91. The van der Waals surface area contributed by atoms with Crippen molar-refractivity contribution in [1.82, 2.24) is 14.8 Å². The van der Waals surface area contributed by atoms with Crippen molar-refractivity contribution in [2.75, 3.05) is 25.6 Å². The number of rotatable bonds is 9. The zero-order valence-corrected chi connectivity index (χ0v) is 18.3.